The topological polar surface area (TPSA) is 70.6 Å². The second kappa shape index (κ2) is 5.19. The van der Waals surface area contributed by atoms with Crippen LogP contribution in [0, 0.1) is 0 Å². The Morgan fingerprint density at radius 3 is 3.11 bits per heavy atom. The molecule has 6 rings (SSSR count). The first kappa shape index (κ1) is 16.6. The van der Waals surface area contributed by atoms with Crippen LogP contribution in [0.1, 0.15) is 41.8 Å². The van der Waals surface area contributed by atoms with Gasteiger partial charge in [0.25, 0.3) is 0 Å². The number of aromatic amines is 1. The van der Waals surface area contributed by atoms with Crippen LogP contribution in [-0.2, 0) is 18.3 Å². The number of H-pyrrole nitrogens is 1. The van der Waals surface area contributed by atoms with Gasteiger partial charge in [0.2, 0.25) is 0 Å². The van der Waals surface area contributed by atoms with Gasteiger partial charge >= 0.3 is 0 Å². The van der Waals surface area contributed by atoms with E-state index in [1.54, 1.807) is 7.11 Å². The quantitative estimate of drug-likeness (QED) is 0.801. The summed E-state index contributed by atoms with van der Waals surface area (Å²) >= 11 is 0. The molecule has 4 aliphatic rings. The number of hydrogen-bond acceptors (Lipinski definition) is 5. The number of methoxy groups -OCH3 is 1. The van der Waals surface area contributed by atoms with Gasteiger partial charge in [0.05, 0.1) is 30.0 Å². The molecule has 1 saturated heterocycles. The van der Waals surface area contributed by atoms with Crippen molar-refractivity contribution in [2.24, 2.45) is 0 Å². The van der Waals surface area contributed by atoms with Gasteiger partial charge in [-0.3, -0.25) is 10.00 Å². The highest BCUT2D eigenvalue weighted by Crippen LogP contribution is 2.68. The molecule has 4 atom stereocenters. The van der Waals surface area contributed by atoms with Crippen molar-refractivity contribution in [2.45, 2.75) is 49.3 Å². The molecule has 1 spiro atoms. The van der Waals surface area contributed by atoms with E-state index < -0.39 is 11.0 Å². The first-order valence-electron chi connectivity index (χ1n) is 9.99. The Kier molecular flexibility index (Phi) is 3.08. The molecule has 1 aromatic heterocycles. The van der Waals surface area contributed by atoms with Crippen LogP contribution in [0.2, 0.25) is 0 Å². The van der Waals surface area contributed by atoms with Crippen molar-refractivity contribution in [3.63, 3.8) is 0 Å². The van der Waals surface area contributed by atoms with E-state index in [2.05, 4.69) is 34.7 Å². The number of nitrogens with one attached hydrogen (secondary N) is 1. The van der Waals surface area contributed by atoms with Gasteiger partial charge in [-0.1, -0.05) is 18.2 Å². The van der Waals surface area contributed by atoms with Crippen molar-refractivity contribution in [1.82, 2.24) is 15.1 Å². The molecule has 2 aliphatic carbocycles. The highest BCUT2D eigenvalue weighted by atomic mass is 16.5. The van der Waals surface area contributed by atoms with Crippen LogP contribution >= 0.6 is 0 Å². The maximum Gasteiger partial charge on any atom is 0.166 e. The molecule has 0 saturated carbocycles. The Hall–Kier alpha value is -2.31. The first-order valence-corrected chi connectivity index (χ1v) is 9.99. The minimum absolute atomic E-state index is 0.0268. The third kappa shape index (κ3) is 1.70. The van der Waals surface area contributed by atoms with Gasteiger partial charge in [-0.2, -0.15) is 5.10 Å². The van der Waals surface area contributed by atoms with E-state index in [0.29, 0.717) is 6.42 Å². The van der Waals surface area contributed by atoms with Crippen LogP contribution < -0.4 is 9.47 Å². The zero-order valence-corrected chi connectivity index (χ0v) is 16.3. The monoisotopic (exact) mass is 379 g/mol. The molecule has 6 nitrogen and oxygen atoms in total. The standard InChI is InChI=1S/C22H25N3O3/c1-12(2)11-25-7-6-21-17-13-4-5-15(27-3)19(17)28-20(21)18-14(10-23-24-18)9-22(21,26)16(25)8-13/h4-5,10,16,20,26H,1,6-9,11H2,2-3H3,(H,23,24)/t16-,20+,21+,22-/m1/s1. The Morgan fingerprint density at radius 1 is 1.46 bits per heavy atom. The second-order valence-corrected chi connectivity index (χ2v) is 8.91. The number of fused-ring (bicyclic) bond motifs is 2. The molecule has 0 radical (unpaired) electrons. The predicted molar refractivity (Wildman–Crippen MR) is 104 cm³/mol. The zero-order valence-electron chi connectivity index (χ0n) is 16.3. The Morgan fingerprint density at radius 2 is 2.32 bits per heavy atom. The number of ether oxygens (including phenoxy) is 2. The van der Waals surface area contributed by atoms with Crippen molar-refractivity contribution in [2.75, 3.05) is 20.2 Å². The lowest BCUT2D eigenvalue weighted by Crippen LogP contribution is -2.74. The maximum absolute atomic E-state index is 12.4. The number of nitrogens with zero attached hydrogens (tertiary/aromatic N) is 2. The van der Waals surface area contributed by atoms with Crippen LogP contribution in [0.25, 0.3) is 0 Å². The highest BCUT2D eigenvalue weighted by Gasteiger charge is 2.72. The van der Waals surface area contributed by atoms with E-state index in [4.69, 9.17) is 9.47 Å². The molecule has 6 heteroatoms. The highest BCUT2D eigenvalue weighted by molar-refractivity contribution is 5.64. The lowest BCUT2D eigenvalue weighted by Gasteiger charge is -2.62. The van der Waals surface area contributed by atoms with Gasteiger partial charge in [-0.05, 0) is 37.0 Å². The molecular weight excluding hydrogens is 354 g/mol. The van der Waals surface area contributed by atoms with E-state index in [9.17, 15) is 5.11 Å². The van der Waals surface area contributed by atoms with E-state index in [1.165, 1.54) is 5.56 Å². The number of likely N-dealkylation sites (tertiary alicyclic amines) is 1. The third-order valence-electron chi connectivity index (χ3n) is 7.47. The van der Waals surface area contributed by atoms with Crippen LogP contribution in [0.3, 0.4) is 0 Å². The van der Waals surface area contributed by atoms with Crippen molar-refractivity contribution >= 4 is 0 Å². The van der Waals surface area contributed by atoms with Crippen molar-refractivity contribution in [3.05, 3.63) is 52.9 Å². The summed E-state index contributed by atoms with van der Waals surface area (Å²) < 4.78 is 12.2. The molecule has 2 aromatic rings. The van der Waals surface area contributed by atoms with Gasteiger partial charge in [0, 0.05) is 31.1 Å². The summed E-state index contributed by atoms with van der Waals surface area (Å²) in [7, 11) is 1.68. The third-order valence-corrected chi connectivity index (χ3v) is 7.47. The molecule has 0 unspecified atom stereocenters. The molecule has 2 N–H and O–H groups in total. The zero-order chi connectivity index (χ0) is 19.3. The maximum atomic E-state index is 12.4. The summed E-state index contributed by atoms with van der Waals surface area (Å²) in [5.41, 5.74) is 4.23. The van der Waals surface area contributed by atoms with Crippen LogP contribution in [0.4, 0.5) is 0 Å². The predicted octanol–water partition coefficient (Wildman–Crippen LogP) is 2.28. The number of rotatable bonds is 3. The molecule has 0 amide bonds. The summed E-state index contributed by atoms with van der Waals surface area (Å²) in [6, 6.07) is 4.18. The average Bonchev–Trinajstić information content (AvgIpc) is 3.24. The molecule has 28 heavy (non-hydrogen) atoms. The summed E-state index contributed by atoms with van der Waals surface area (Å²) in [6.45, 7) is 7.91. The summed E-state index contributed by atoms with van der Waals surface area (Å²) in [6.07, 6.45) is 3.82. The van der Waals surface area contributed by atoms with E-state index in [-0.39, 0.29) is 12.1 Å². The molecule has 1 aromatic carbocycles. The van der Waals surface area contributed by atoms with Crippen LogP contribution in [0.15, 0.2) is 30.5 Å². The Labute approximate surface area is 164 Å². The smallest absolute Gasteiger partial charge is 0.166 e. The molecule has 1 fully saturated rings. The number of benzene rings is 1. The largest absolute Gasteiger partial charge is 0.493 e. The molecular formula is C22H25N3O3. The molecule has 2 bridgehead atoms. The normalized spacial score (nSPS) is 34.4. The summed E-state index contributed by atoms with van der Waals surface area (Å²) in [4.78, 5) is 2.42. The van der Waals surface area contributed by atoms with Crippen molar-refractivity contribution in [1.29, 1.82) is 0 Å². The number of piperidine rings is 1. The van der Waals surface area contributed by atoms with Crippen LogP contribution in [-0.4, -0.2) is 52.0 Å². The van der Waals surface area contributed by atoms with Crippen molar-refractivity contribution in [3.8, 4) is 11.5 Å². The Bertz CT molecular complexity index is 1010. The summed E-state index contributed by atoms with van der Waals surface area (Å²) in [5, 5.41) is 19.8. The molecule has 3 heterocycles. The van der Waals surface area contributed by atoms with Crippen LogP contribution in [0.5, 0.6) is 11.5 Å². The van der Waals surface area contributed by atoms with E-state index in [0.717, 1.165) is 59.8 Å². The van der Waals surface area contributed by atoms with E-state index >= 15 is 0 Å². The summed E-state index contributed by atoms with van der Waals surface area (Å²) in [5.74, 6) is 1.55. The lowest BCUT2D eigenvalue weighted by atomic mass is 9.49. The lowest BCUT2D eigenvalue weighted by molar-refractivity contribution is -0.171. The van der Waals surface area contributed by atoms with Gasteiger partial charge in [0.1, 0.15) is 0 Å². The minimum atomic E-state index is -0.910. The van der Waals surface area contributed by atoms with Gasteiger partial charge in [-0.25, -0.2) is 0 Å². The average molecular weight is 379 g/mol. The van der Waals surface area contributed by atoms with Gasteiger partial charge in [0.15, 0.2) is 17.6 Å². The molecule has 2 aliphatic heterocycles. The van der Waals surface area contributed by atoms with Gasteiger partial charge < -0.3 is 14.6 Å². The van der Waals surface area contributed by atoms with E-state index in [1.807, 2.05) is 12.3 Å². The Balaban J connectivity index is 1.64. The fourth-order valence-electron chi connectivity index (χ4n) is 6.48. The second-order valence-electron chi connectivity index (χ2n) is 8.91. The van der Waals surface area contributed by atoms with Crippen molar-refractivity contribution < 1.29 is 14.6 Å². The molecule has 146 valence electrons. The first-order chi connectivity index (χ1) is 13.5. The fourth-order valence-corrected chi connectivity index (χ4v) is 6.48. The number of aliphatic hydroxyl groups is 1. The SMILES string of the molecule is C=C(C)CN1CC[C@]23c4c5ccc(OC)c4O[C@H]2c2[nH]ncc2C[C@@]3(O)[C@H]1C5. The minimum Gasteiger partial charge on any atom is -0.493 e. The number of aromatic nitrogens is 2. The number of hydrogen-bond donors (Lipinski definition) is 2. The fraction of sp³-hybridized carbons (Fsp3) is 0.500. The van der Waals surface area contributed by atoms with Gasteiger partial charge in [-0.15, -0.1) is 0 Å².